The van der Waals surface area contributed by atoms with Gasteiger partial charge < -0.3 is 5.32 Å². The number of carbonyl (C=O) groups is 1. The van der Waals surface area contributed by atoms with Crippen molar-refractivity contribution in [2.24, 2.45) is 0 Å². The first-order valence-corrected chi connectivity index (χ1v) is 6.86. The van der Waals surface area contributed by atoms with Crippen LogP contribution in [-0.4, -0.2) is 15.8 Å². The van der Waals surface area contributed by atoms with Gasteiger partial charge in [0, 0.05) is 6.07 Å². The molecule has 2 aromatic rings. The van der Waals surface area contributed by atoms with Crippen molar-refractivity contribution in [3.8, 4) is 0 Å². The van der Waals surface area contributed by atoms with Crippen LogP contribution in [-0.2, 0) is 0 Å². The minimum atomic E-state index is -0.570. The largest absolute Gasteiger partial charge is 0.320 e. The number of carbonyl (C=O) groups excluding carboxylic acids is 1. The highest BCUT2D eigenvalue weighted by atomic mass is 79.9. The van der Waals surface area contributed by atoms with Gasteiger partial charge in [-0.3, -0.25) is 14.9 Å². The number of nitrogens with zero attached hydrogens (tertiary/aromatic N) is 2. The lowest BCUT2D eigenvalue weighted by atomic mass is 10.1. The molecule has 0 saturated heterocycles. The molecule has 1 aromatic carbocycles. The molecule has 0 radical (unpaired) electrons. The molecule has 0 saturated carbocycles. The highest BCUT2D eigenvalue weighted by Crippen LogP contribution is 2.22. The van der Waals surface area contributed by atoms with E-state index in [2.05, 4.69) is 26.2 Å². The van der Waals surface area contributed by atoms with E-state index < -0.39 is 10.8 Å². The number of rotatable bonds is 3. The summed E-state index contributed by atoms with van der Waals surface area (Å²) in [6, 6.07) is 6.15. The van der Waals surface area contributed by atoms with Crippen molar-refractivity contribution in [2.75, 3.05) is 5.32 Å². The molecule has 0 aliphatic rings. The molecule has 1 aromatic heterocycles. The van der Waals surface area contributed by atoms with Crippen molar-refractivity contribution >= 4 is 33.2 Å². The van der Waals surface area contributed by atoms with Gasteiger partial charge in [0.1, 0.15) is 10.2 Å². The molecule has 1 amide bonds. The van der Waals surface area contributed by atoms with Gasteiger partial charge in [-0.05, 0) is 53.0 Å². The summed E-state index contributed by atoms with van der Waals surface area (Å²) < 4.78 is 0.682. The van der Waals surface area contributed by atoms with Crippen molar-refractivity contribution in [2.45, 2.75) is 13.8 Å². The summed E-state index contributed by atoms with van der Waals surface area (Å²) in [7, 11) is 0. The van der Waals surface area contributed by atoms with E-state index in [1.807, 2.05) is 6.92 Å². The minimum absolute atomic E-state index is 0.0283. The second-order valence-corrected chi connectivity index (χ2v) is 5.31. The van der Waals surface area contributed by atoms with E-state index in [1.54, 1.807) is 19.1 Å². The smallest absolute Gasteiger partial charge is 0.282 e. The zero-order valence-electron chi connectivity index (χ0n) is 11.4. The Bertz CT molecular complexity index is 731. The number of benzene rings is 1. The molecule has 6 nitrogen and oxygen atoms in total. The van der Waals surface area contributed by atoms with Crippen molar-refractivity contribution in [1.82, 2.24) is 4.98 Å². The summed E-state index contributed by atoms with van der Waals surface area (Å²) in [5.74, 6) is -0.533. The number of nitro benzene ring substituents is 1. The van der Waals surface area contributed by atoms with Gasteiger partial charge in [-0.2, -0.15) is 0 Å². The van der Waals surface area contributed by atoms with Crippen LogP contribution in [0.3, 0.4) is 0 Å². The van der Waals surface area contributed by atoms with Gasteiger partial charge >= 0.3 is 0 Å². The topological polar surface area (TPSA) is 85.1 Å². The average molecular weight is 350 g/mol. The predicted molar refractivity (Wildman–Crippen MR) is 82.5 cm³/mol. The van der Waals surface area contributed by atoms with Crippen molar-refractivity contribution in [3.63, 3.8) is 0 Å². The summed E-state index contributed by atoms with van der Waals surface area (Å²) in [6.07, 6.45) is 1.48. The fourth-order valence-corrected chi connectivity index (χ4v) is 2.03. The van der Waals surface area contributed by atoms with E-state index in [0.29, 0.717) is 10.3 Å². The number of amides is 1. The lowest BCUT2D eigenvalue weighted by molar-refractivity contribution is -0.385. The van der Waals surface area contributed by atoms with E-state index in [1.165, 1.54) is 18.3 Å². The molecule has 108 valence electrons. The molecular weight excluding hydrogens is 338 g/mol. The number of anilines is 1. The first kappa shape index (κ1) is 15.1. The number of halogens is 1. The summed E-state index contributed by atoms with van der Waals surface area (Å²) in [6.45, 7) is 3.60. The Morgan fingerprint density at radius 2 is 2.05 bits per heavy atom. The van der Waals surface area contributed by atoms with Gasteiger partial charge in [-0.1, -0.05) is 6.07 Å². The van der Waals surface area contributed by atoms with Crippen LogP contribution in [0.4, 0.5) is 11.4 Å². The fraction of sp³-hybridized carbons (Fsp3) is 0.143. The lowest BCUT2D eigenvalue weighted by Crippen LogP contribution is -2.14. The number of aryl methyl sites for hydroxylation is 2. The van der Waals surface area contributed by atoms with E-state index in [-0.39, 0.29) is 11.3 Å². The summed E-state index contributed by atoms with van der Waals surface area (Å²) >= 11 is 3.27. The Hall–Kier alpha value is -2.28. The predicted octanol–water partition coefficient (Wildman–Crippen LogP) is 3.62. The van der Waals surface area contributed by atoms with E-state index >= 15 is 0 Å². The third kappa shape index (κ3) is 3.43. The molecule has 21 heavy (non-hydrogen) atoms. The zero-order chi connectivity index (χ0) is 15.6. The number of nitro groups is 1. The molecule has 0 bridgehead atoms. The number of hydrogen-bond donors (Lipinski definition) is 1. The van der Waals surface area contributed by atoms with Gasteiger partial charge in [0.25, 0.3) is 11.6 Å². The van der Waals surface area contributed by atoms with Crippen LogP contribution in [0.1, 0.15) is 21.5 Å². The van der Waals surface area contributed by atoms with Crippen LogP contribution in [0.5, 0.6) is 0 Å². The third-order valence-corrected chi connectivity index (χ3v) is 3.70. The first-order valence-electron chi connectivity index (χ1n) is 6.07. The molecule has 1 heterocycles. The molecule has 0 unspecified atom stereocenters. The Balaban J connectivity index is 2.34. The maximum Gasteiger partial charge on any atom is 0.282 e. The van der Waals surface area contributed by atoms with Crippen LogP contribution in [0.25, 0.3) is 0 Å². The van der Waals surface area contributed by atoms with E-state index in [4.69, 9.17) is 0 Å². The Morgan fingerprint density at radius 3 is 2.67 bits per heavy atom. The van der Waals surface area contributed by atoms with Gasteiger partial charge in [-0.15, -0.1) is 0 Å². The van der Waals surface area contributed by atoms with Crippen molar-refractivity contribution in [3.05, 3.63) is 61.9 Å². The monoisotopic (exact) mass is 349 g/mol. The third-order valence-electron chi connectivity index (χ3n) is 2.87. The van der Waals surface area contributed by atoms with Crippen LogP contribution in [0.2, 0.25) is 0 Å². The number of nitrogens with one attached hydrogen (secondary N) is 1. The van der Waals surface area contributed by atoms with Crippen LogP contribution < -0.4 is 5.32 Å². The summed E-state index contributed by atoms with van der Waals surface area (Å²) in [5, 5.41) is 13.6. The molecular formula is C14H12BrN3O3. The van der Waals surface area contributed by atoms with Crippen molar-refractivity contribution in [1.29, 1.82) is 0 Å². The first-order chi connectivity index (χ1) is 9.88. The van der Waals surface area contributed by atoms with Crippen LogP contribution in [0.15, 0.2) is 35.1 Å². The Morgan fingerprint density at radius 1 is 1.33 bits per heavy atom. The van der Waals surface area contributed by atoms with Crippen LogP contribution >= 0.6 is 15.9 Å². The molecule has 1 N–H and O–H groups in total. The fourth-order valence-electron chi connectivity index (χ4n) is 1.82. The SMILES string of the molecule is Cc1ccc([N+](=O)[O-])c(C(=O)Nc2cnc(Br)c(C)c2)c1. The second kappa shape index (κ2) is 6.01. The number of hydrogen-bond acceptors (Lipinski definition) is 4. The maximum absolute atomic E-state index is 12.2. The zero-order valence-corrected chi connectivity index (χ0v) is 13.0. The van der Waals surface area contributed by atoms with Gasteiger partial charge in [0.05, 0.1) is 16.8 Å². The van der Waals surface area contributed by atoms with Gasteiger partial charge in [-0.25, -0.2) is 4.98 Å². The van der Waals surface area contributed by atoms with Gasteiger partial charge in [0.2, 0.25) is 0 Å². The normalized spacial score (nSPS) is 10.2. The quantitative estimate of drug-likeness (QED) is 0.520. The Kier molecular flexibility index (Phi) is 4.32. The van der Waals surface area contributed by atoms with Crippen molar-refractivity contribution < 1.29 is 9.72 Å². The molecule has 0 spiro atoms. The molecule has 0 fully saturated rings. The summed E-state index contributed by atoms with van der Waals surface area (Å²) in [5.41, 5.74) is 1.92. The standard InChI is InChI=1S/C14H12BrN3O3/c1-8-3-4-12(18(20)21)11(5-8)14(19)17-10-6-9(2)13(15)16-7-10/h3-7H,1-2H3,(H,17,19). The Labute approximate surface area is 129 Å². The highest BCUT2D eigenvalue weighted by Gasteiger charge is 2.20. The lowest BCUT2D eigenvalue weighted by Gasteiger charge is -2.07. The van der Waals surface area contributed by atoms with Crippen LogP contribution in [0, 0.1) is 24.0 Å². The molecule has 0 aliphatic heterocycles. The van der Waals surface area contributed by atoms with Gasteiger partial charge in [0.15, 0.2) is 0 Å². The highest BCUT2D eigenvalue weighted by molar-refractivity contribution is 9.10. The van der Waals surface area contributed by atoms with E-state index in [0.717, 1.165) is 11.1 Å². The summed E-state index contributed by atoms with van der Waals surface area (Å²) in [4.78, 5) is 26.7. The van der Waals surface area contributed by atoms with E-state index in [9.17, 15) is 14.9 Å². The maximum atomic E-state index is 12.2. The molecule has 0 aliphatic carbocycles. The second-order valence-electron chi connectivity index (χ2n) is 4.56. The number of pyridine rings is 1. The minimum Gasteiger partial charge on any atom is -0.320 e. The average Bonchev–Trinajstić information content (AvgIpc) is 2.42. The molecule has 7 heteroatoms. The molecule has 0 atom stereocenters. The number of aromatic nitrogens is 1. The molecule has 2 rings (SSSR count).